The van der Waals surface area contributed by atoms with Crippen LogP contribution in [0.2, 0.25) is 0 Å². The Kier molecular flexibility index (Phi) is 3.12. The zero-order chi connectivity index (χ0) is 15.0. The molecule has 0 saturated carbocycles. The number of hydrogen-bond acceptors (Lipinski definition) is 1. The second-order valence-electron chi connectivity index (χ2n) is 4.62. The van der Waals surface area contributed by atoms with E-state index in [1.807, 2.05) is 0 Å². The van der Waals surface area contributed by atoms with E-state index in [9.17, 15) is 13.2 Å². The SMILES string of the molecule is COc1ccc(-n2c(C(F)(F)F)cc3ccccc32)cc1. The predicted molar refractivity (Wildman–Crippen MR) is 74.8 cm³/mol. The molecule has 1 aromatic heterocycles. The Hall–Kier alpha value is -2.43. The van der Waals surface area contributed by atoms with Gasteiger partial charge in [-0.3, -0.25) is 0 Å². The summed E-state index contributed by atoms with van der Waals surface area (Å²) in [5.74, 6) is 0.601. The molecule has 0 bridgehead atoms. The molecule has 0 atom stereocenters. The summed E-state index contributed by atoms with van der Waals surface area (Å²) in [4.78, 5) is 0. The van der Waals surface area contributed by atoms with Crippen molar-refractivity contribution in [2.45, 2.75) is 6.18 Å². The van der Waals surface area contributed by atoms with E-state index in [-0.39, 0.29) is 0 Å². The minimum atomic E-state index is -4.42. The van der Waals surface area contributed by atoms with Crippen molar-refractivity contribution in [1.82, 2.24) is 4.57 Å². The summed E-state index contributed by atoms with van der Waals surface area (Å²) in [5.41, 5.74) is 0.285. The molecule has 0 unspecified atom stereocenters. The van der Waals surface area contributed by atoms with Gasteiger partial charge in [0.25, 0.3) is 0 Å². The number of hydrogen-bond donors (Lipinski definition) is 0. The fourth-order valence-electron chi connectivity index (χ4n) is 2.37. The highest BCUT2D eigenvalue weighted by Crippen LogP contribution is 2.36. The van der Waals surface area contributed by atoms with Gasteiger partial charge in [-0.1, -0.05) is 18.2 Å². The van der Waals surface area contributed by atoms with Crippen LogP contribution in [-0.2, 0) is 6.18 Å². The Labute approximate surface area is 119 Å². The summed E-state index contributed by atoms with van der Waals surface area (Å²) in [5, 5.41) is 0.556. The van der Waals surface area contributed by atoms with Crippen LogP contribution in [0.1, 0.15) is 5.69 Å². The van der Waals surface area contributed by atoms with Crippen LogP contribution in [0.4, 0.5) is 13.2 Å². The molecule has 5 heteroatoms. The summed E-state index contributed by atoms with van der Waals surface area (Å²) in [6, 6.07) is 14.5. The Balaban J connectivity index is 2.28. The first-order valence-corrected chi connectivity index (χ1v) is 6.33. The van der Waals surface area contributed by atoms with Crippen molar-refractivity contribution in [3.05, 3.63) is 60.3 Å². The number of alkyl halides is 3. The third kappa shape index (κ3) is 2.35. The lowest BCUT2D eigenvalue weighted by Gasteiger charge is -2.13. The molecule has 2 aromatic carbocycles. The second kappa shape index (κ2) is 4.84. The maximum atomic E-state index is 13.3. The first kappa shape index (κ1) is 13.5. The number of methoxy groups -OCH3 is 1. The molecule has 3 aromatic rings. The molecule has 108 valence electrons. The third-order valence-electron chi connectivity index (χ3n) is 3.33. The van der Waals surface area contributed by atoms with Crippen LogP contribution >= 0.6 is 0 Å². The lowest BCUT2D eigenvalue weighted by atomic mass is 10.2. The summed E-state index contributed by atoms with van der Waals surface area (Å²) >= 11 is 0. The van der Waals surface area contributed by atoms with Gasteiger partial charge in [-0.15, -0.1) is 0 Å². The largest absolute Gasteiger partial charge is 0.497 e. The van der Waals surface area contributed by atoms with Crippen LogP contribution in [0.3, 0.4) is 0 Å². The fourth-order valence-corrected chi connectivity index (χ4v) is 2.37. The summed E-state index contributed by atoms with van der Waals surface area (Å²) < 4.78 is 46.1. The average Bonchev–Trinajstić information content (AvgIpc) is 2.87. The molecule has 0 saturated heterocycles. The van der Waals surface area contributed by atoms with Crippen LogP contribution < -0.4 is 4.74 Å². The predicted octanol–water partition coefficient (Wildman–Crippen LogP) is 4.66. The molecule has 2 nitrogen and oxygen atoms in total. The van der Waals surface area contributed by atoms with E-state index in [1.165, 1.54) is 17.7 Å². The maximum absolute atomic E-state index is 13.3. The standard InChI is InChI=1S/C16H12F3NO/c1-21-13-8-6-12(7-9-13)20-14-5-3-2-4-11(14)10-15(20)16(17,18)19/h2-10H,1H3. The molecule has 0 aliphatic rings. The molecular formula is C16H12F3NO. The number of halogens is 3. The van der Waals surface area contributed by atoms with Crippen molar-refractivity contribution >= 4 is 10.9 Å². The topological polar surface area (TPSA) is 14.2 Å². The highest BCUT2D eigenvalue weighted by atomic mass is 19.4. The molecule has 3 rings (SSSR count). The molecule has 0 fully saturated rings. The summed E-state index contributed by atoms with van der Waals surface area (Å²) in [6.07, 6.45) is -4.42. The monoisotopic (exact) mass is 291 g/mol. The van der Waals surface area contributed by atoms with Crippen LogP contribution in [0.5, 0.6) is 5.75 Å². The van der Waals surface area contributed by atoms with E-state index in [2.05, 4.69) is 0 Å². The fraction of sp³-hybridized carbons (Fsp3) is 0.125. The van der Waals surface area contributed by atoms with E-state index in [1.54, 1.807) is 48.5 Å². The van der Waals surface area contributed by atoms with E-state index in [0.717, 1.165) is 0 Å². The van der Waals surface area contributed by atoms with Crippen LogP contribution in [0.15, 0.2) is 54.6 Å². The molecule has 0 radical (unpaired) electrons. The molecule has 1 heterocycles. The van der Waals surface area contributed by atoms with Gasteiger partial charge in [-0.2, -0.15) is 13.2 Å². The molecule has 0 amide bonds. The minimum Gasteiger partial charge on any atom is -0.497 e. The lowest BCUT2D eigenvalue weighted by molar-refractivity contribution is -0.142. The number of benzene rings is 2. The lowest BCUT2D eigenvalue weighted by Crippen LogP contribution is -2.12. The molecule has 21 heavy (non-hydrogen) atoms. The normalized spacial score (nSPS) is 11.8. The van der Waals surface area contributed by atoms with E-state index in [4.69, 9.17) is 4.74 Å². The van der Waals surface area contributed by atoms with Gasteiger partial charge in [0, 0.05) is 11.1 Å². The summed E-state index contributed by atoms with van der Waals surface area (Å²) in [7, 11) is 1.52. The number of para-hydroxylation sites is 1. The van der Waals surface area contributed by atoms with Gasteiger partial charge in [0.05, 0.1) is 12.6 Å². The average molecular weight is 291 g/mol. The number of nitrogens with zero attached hydrogens (tertiary/aromatic N) is 1. The van der Waals surface area contributed by atoms with Gasteiger partial charge in [0.1, 0.15) is 11.4 Å². The van der Waals surface area contributed by atoms with Gasteiger partial charge < -0.3 is 9.30 Å². The van der Waals surface area contributed by atoms with E-state index < -0.39 is 11.9 Å². The van der Waals surface area contributed by atoms with Crippen molar-refractivity contribution in [2.75, 3.05) is 7.11 Å². The Bertz CT molecular complexity index is 772. The van der Waals surface area contributed by atoms with Crippen molar-refractivity contribution in [3.63, 3.8) is 0 Å². The highest BCUT2D eigenvalue weighted by molar-refractivity contribution is 5.83. The summed E-state index contributed by atoms with van der Waals surface area (Å²) in [6.45, 7) is 0. The third-order valence-corrected chi connectivity index (χ3v) is 3.33. The van der Waals surface area contributed by atoms with Gasteiger partial charge in [-0.25, -0.2) is 0 Å². The van der Waals surface area contributed by atoms with Crippen molar-refractivity contribution < 1.29 is 17.9 Å². The van der Waals surface area contributed by atoms with Crippen molar-refractivity contribution in [3.8, 4) is 11.4 Å². The first-order chi connectivity index (χ1) is 10.0. The quantitative estimate of drug-likeness (QED) is 0.670. The Morgan fingerprint density at radius 1 is 0.952 bits per heavy atom. The Morgan fingerprint density at radius 3 is 2.24 bits per heavy atom. The number of ether oxygens (including phenoxy) is 1. The number of aromatic nitrogens is 1. The zero-order valence-corrected chi connectivity index (χ0v) is 11.2. The van der Waals surface area contributed by atoms with Crippen LogP contribution in [0.25, 0.3) is 16.6 Å². The first-order valence-electron chi connectivity index (χ1n) is 6.33. The Morgan fingerprint density at radius 2 is 1.62 bits per heavy atom. The van der Waals surface area contributed by atoms with Crippen LogP contribution in [-0.4, -0.2) is 11.7 Å². The number of fused-ring (bicyclic) bond motifs is 1. The van der Waals surface area contributed by atoms with E-state index in [0.29, 0.717) is 22.3 Å². The second-order valence-corrected chi connectivity index (χ2v) is 4.62. The van der Waals surface area contributed by atoms with Crippen LogP contribution in [0, 0.1) is 0 Å². The zero-order valence-electron chi connectivity index (χ0n) is 11.2. The van der Waals surface area contributed by atoms with Crippen molar-refractivity contribution in [1.29, 1.82) is 0 Å². The highest BCUT2D eigenvalue weighted by Gasteiger charge is 2.35. The van der Waals surface area contributed by atoms with E-state index >= 15 is 0 Å². The molecular weight excluding hydrogens is 279 g/mol. The molecule has 0 spiro atoms. The molecule has 0 aliphatic carbocycles. The number of rotatable bonds is 2. The van der Waals surface area contributed by atoms with Gasteiger partial charge in [0.15, 0.2) is 0 Å². The minimum absolute atomic E-state index is 0.448. The maximum Gasteiger partial charge on any atom is 0.431 e. The van der Waals surface area contributed by atoms with Gasteiger partial charge in [-0.05, 0) is 36.4 Å². The molecule has 0 aliphatic heterocycles. The van der Waals surface area contributed by atoms with Crippen molar-refractivity contribution in [2.24, 2.45) is 0 Å². The molecule has 0 N–H and O–H groups in total. The van der Waals surface area contributed by atoms with Gasteiger partial charge in [0.2, 0.25) is 0 Å². The van der Waals surface area contributed by atoms with Gasteiger partial charge >= 0.3 is 6.18 Å². The smallest absolute Gasteiger partial charge is 0.431 e.